The van der Waals surface area contributed by atoms with Gasteiger partial charge in [0, 0.05) is 17.8 Å². The largest absolute Gasteiger partial charge is 0.311 e. The third-order valence-corrected chi connectivity index (χ3v) is 3.19. The fourth-order valence-electron chi connectivity index (χ4n) is 1.30. The van der Waals surface area contributed by atoms with E-state index in [1.165, 1.54) is 24.3 Å². The molecule has 0 saturated carbocycles. The molecule has 0 aliphatic heterocycles. The molecule has 0 aliphatic rings. The summed E-state index contributed by atoms with van der Waals surface area (Å²) in [5.74, 6) is 2.55. The molecule has 0 heterocycles. The highest BCUT2D eigenvalue weighted by atomic mass is 32.2. The monoisotopic (exact) mass is 231 g/mol. The first-order chi connectivity index (χ1) is 6.71. The van der Waals surface area contributed by atoms with Gasteiger partial charge in [-0.25, -0.2) is 0 Å². The Morgan fingerprint density at radius 3 is 2.00 bits per heavy atom. The van der Waals surface area contributed by atoms with Crippen molar-refractivity contribution in [3.63, 3.8) is 0 Å². The highest BCUT2D eigenvalue weighted by Gasteiger charge is 2.09. The Bertz CT molecular complexity index is 135. The molecule has 0 aromatic carbocycles. The molecule has 0 aromatic rings. The lowest BCUT2D eigenvalue weighted by atomic mass is 9.91. The molecular weight excluding hydrogens is 202 g/mol. The molecule has 1 nitrogen and oxygen atoms in total. The Kier molecular flexibility index (Phi) is 6.94. The van der Waals surface area contributed by atoms with Crippen LogP contribution in [-0.4, -0.2) is 23.6 Å². The number of hydrogen-bond acceptors (Lipinski definition) is 2. The predicted octanol–water partition coefficient (Wildman–Crippen LogP) is 3.93. The number of nitrogens with one attached hydrogen (secondary N) is 1. The van der Waals surface area contributed by atoms with Crippen molar-refractivity contribution in [1.82, 2.24) is 5.32 Å². The van der Waals surface area contributed by atoms with Crippen LogP contribution < -0.4 is 5.32 Å². The quantitative estimate of drug-likeness (QED) is 0.695. The molecule has 0 fully saturated rings. The van der Waals surface area contributed by atoms with Crippen LogP contribution in [0.5, 0.6) is 0 Å². The smallest absolute Gasteiger partial charge is 0.00968 e. The van der Waals surface area contributed by atoms with E-state index in [-0.39, 0.29) is 5.54 Å². The summed E-state index contributed by atoms with van der Waals surface area (Å²) in [5.41, 5.74) is 0.774. The molecule has 0 spiro atoms. The van der Waals surface area contributed by atoms with Gasteiger partial charge in [-0.15, -0.1) is 0 Å². The van der Waals surface area contributed by atoms with Crippen molar-refractivity contribution in [1.29, 1.82) is 0 Å². The van der Waals surface area contributed by atoms with E-state index in [9.17, 15) is 0 Å². The number of hydrogen-bond donors (Lipinski definition) is 1. The van der Waals surface area contributed by atoms with E-state index in [1.807, 2.05) is 0 Å². The standard InChI is InChI=1S/C13H29NS/c1-12(2,3)8-7-10-15-11-9-14-13(4,5)6/h14H,7-11H2,1-6H3. The number of rotatable bonds is 6. The van der Waals surface area contributed by atoms with Crippen LogP contribution in [-0.2, 0) is 0 Å². The van der Waals surface area contributed by atoms with Gasteiger partial charge in [-0.3, -0.25) is 0 Å². The molecule has 0 unspecified atom stereocenters. The molecule has 0 aromatic heterocycles. The van der Waals surface area contributed by atoms with Crippen LogP contribution in [0, 0.1) is 5.41 Å². The Morgan fingerprint density at radius 1 is 0.933 bits per heavy atom. The van der Waals surface area contributed by atoms with Crippen LogP contribution in [0.15, 0.2) is 0 Å². The van der Waals surface area contributed by atoms with Gasteiger partial charge in [0.25, 0.3) is 0 Å². The van der Waals surface area contributed by atoms with Gasteiger partial charge in [-0.1, -0.05) is 20.8 Å². The van der Waals surface area contributed by atoms with Crippen molar-refractivity contribution in [2.24, 2.45) is 5.41 Å². The van der Waals surface area contributed by atoms with Crippen molar-refractivity contribution < 1.29 is 0 Å². The molecule has 0 saturated heterocycles. The van der Waals surface area contributed by atoms with Gasteiger partial charge < -0.3 is 5.32 Å². The van der Waals surface area contributed by atoms with Gasteiger partial charge in [0.1, 0.15) is 0 Å². The summed E-state index contributed by atoms with van der Waals surface area (Å²) in [6, 6.07) is 0. The number of thioether (sulfide) groups is 1. The summed E-state index contributed by atoms with van der Waals surface area (Å²) < 4.78 is 0. The lowest BCUT2D eigenvalue weighted by molar-refractivity contribution is 0.374. The second-order valence-corrected chi connectivity index (χ2v) is 7.68. The fourth-order valence-corrected chi connectivity index (χ4v) is 2.10. The average Bonchev–Trinajstić information content (AvgIpc) is 1.98. The van der Waals surface area contributed by atoms with Crippen LogP contribution in [0.4, 0.5) is 0 Å². The molecule has 0 radical (unpaired) electrons. The minimum absolute atomic E-state index is 0.270. The summed E-state index contributed by atoms with van der Waals surface area (Å²) in [4.78, 5) is 0. The average molecular weight is 231 g/mol. The minimum Gasteiger partial charge on any atom is -0.311 e. The SMILES string of the molecule is CC(C)(C)CCCSCCNC(C)(C)C. The van der Waals surface area contributed by atoms with Crippen LogP contribution in [0.2, 0.25) is 0 Å². The predicted molar refractivity (Wildman–Crippen MR) is 73.8 cm³/mol. The topological polar surface area (TPSA) is 12.0 Å². The van der Waals surface area contributed by atoms with E-state index < -0.39 is 0 Å². The zero-order valence-electron chi connectivity index (χ0n) is 11.4. The van der Waals surface area contributed by atoms with Crippen molar-refractivity contribution in [2.45, 2.75) is 59.9 Å². The maximum Gasteiger partial charge on any atom is 0.00968 e. The summed E-state index contributed by atoms with van der Waals surface area (Å²) >= 11 is 2.07. The Labute approximate surface area is 101 Å². The van der Waals surface area contributed by atoms with Gasteiger partial charge in [0.2, 0.25) is 0 Å². The minimum atomic E-state index is 0.270. The summed E-state index contributed by atoms with van der Waals surface area (Å²) in [6.45, 7) is 14.7. The van der Waals surface area contributed by atoms with E-state index >= 15 is 0 Å². The summed E-state index contributed by atoms with van der Waals surface area (Å²) in [6.07, 6.45) is 2.69. The molecule has 1 N–H and O–H groups in total. The van der Waals surface area contributed by atoms with Crippen molar-refractivity contribution >= 4 is 11.8 Å². The fraction of sp³-hybridized carbons (Fsp3) is 1.00. The lowest BCUT2D eigenvalue weighted by Crippen LogP contribution is -2.37. The zero-order valence-corrected chi connectivity index (χ0v) is 12.3. The molecular formula is C13H29NS. The van der Waals surface area contributed by atoms with Gasteiger partial charge in [0.15, 0.2) is 0 Å². The summed E-state index contributed by atoms with van der Waals surface area (Å²) in [7, 11) is 0. The molecule has 0 rings (SSSR count). The van der Waals surface area contributed by atoms with Crippen molar-refractivity contribution in [3.05, 3.63) is 0 Å². The lowest BCUT2D eigenvalue weighted by Gasteiger charge is -2.20. The molecule has 0 bridgehead atoms. The molecule has 2 heteroatoms. The van der Waals surface area contributed by atoms with E-state index in [0.717, 1.165) is 6.54 Å². The molecule has 15 heavy (non-hydrogen) atoms. The normalized spacial score (nSPS) is 13.2. The molecule has 0 aliphatic carbocycles. The van der Waals surface area contributed by atoms with Crippen LogP contribution in [0.3, 0.4) is 0 Å². The summed E-state index contributed by atoms with van der Waals surface area (Å²) in [5, 5.41) is 3.51. The van der Waals surface area contributed by atoms with Crippen LogP contribution >= 0.6 is 11.8 Å². The van der Waals surface area contributed by atoms with Crippen LogP contribution in [0.25, 0.3) is 0 Å². The first-order valence-electron chi connectivity index (χ1n) is 6.03. The van der Waals surface area contributed by atoms with Gasteiger partial charge in [-0.2, -0.15) is 11.8 Å². The van der Waals surface area contributed by atoms with Crippen molar-refractivity contribution in [3.8, 4) is 0 Å². The highest BCUT2D eigenvalue weighted by molar-refractivity contribution is 7.99. The Hall–Kier alpha value is 0.310. The maximum absolute atomic E-state index is 3.51. The van der Waals surface area contributed by atoms with Gasteiger partial charge in [-0.05, 0) is 44.8 Å². The Balaban J connectivity index is 3.20. The van der Waals surface area contributed by atoms with Gasteiger partial charge >= 0.3 is 0 Å². The second kappa shape index (κ2) is 6.80. The Morgan fingerprint density at radius 2 is 1.53 bits per heavy atom. The highest BCUT2D eigenvalue weighted by Crippen LogP contribution is 2.21. The first-order valence-corrected chi connectivity index (χ1v) is 7.19. The van der Waals surface area contributed by atoms with Gasteiger partial charge in [0.05, 0.1) is 0 Å². The zero-order chi connectivity index (χ0) is 11.9. The van der Waals surface area contributed by atoms with E-state index in [4.69, 9.17) is 0 Å². The van der Waals surface area contributed by atoms with Crippen molar-refractivity contribution in [2.75, 3.05) is 18.1 Å². The maximum atomic E-state index is 3.51. The molecule has 0 atom stereocenters. The van der Waals surface area contributed by atoms with Crippen LogP contribution in [0.1, 0.15) is 54.4 Å². The van der Waals surface area contributed by atoms with E-state index in [1.54, 1.807) is 0 Å². The van der Waals surface area contributed by atoms with E-state index in [0.29, 0.717) is 5.41 Å². The second-order valence-electron chi connectivity index (χ2n) is 6.45. The third-order valence-electron chi connectivity index (χ3n) is 2.12. The molecule has 0 amide bonds. The first kappa shape index (κ1) is 15.3. The third kappa shape index (κ3) is 14.3. The molecule has 92 valence electrons. The van der Waals surface area contributed by atoms with E-state index in [2.05, 4.69) is 58.6 Å².